The average Bonchev–Trinajstić information content (AvgIpc) is 2.74. The van der Waals surface area contributed by atoms with Gasteiger partial charge in [0.15, 0.2) is 6.61 Å². The Balaban J connectivity index is 1.61. The summed E-state index contributed by atoms with van der Waals surface area (Å²) in [7, 11) is -4.10. The van der Waals surface area contributed by atoms with E-state index in [0.29, 0.717) is 11.8 Å². The lowest BCUT2D eigenvalue weighted by molar-refractivity contribution is -0.138. The van der Waals surface area contributed by atoms with Crippen molar-refractivity contribution in [1.82, 2.24) is 9.21 Å². The number of benzene rings is 2. The van der Waals surface area contributed by atoms with E-state index in [-0.39, 0.29) is 38.7 Å². The van der Waals surface area contributed by atoms with Gasteiger partial charge >= 0.3 is 6.18 Å². The number of carbonyl (C=O) groups excluding carboxylic acids is 1. The number of hydrogen-bond acceptors (Lipinski definition) is 4. The van der Waals surface area contributed by atoms with Crippen molar-refractivity contribution in [1.29, 1.82) is 0 Å². The average molecular weight is 456 g/mol. The van der Waals surface area contributed by atoms with Crippen molar-refractivity contribution in [2.75, 3.05) is 32.8 Å². The standard InChI is InChI=1S/C21H23F3N2O4S/c1-15-5-3-8-19(16(15)2)30-14-20(27)25-9-11-26(12-10-25)31(28,29)18-7-4-6-17(13-18)21(22,23)24/h3-8,13H,9-12,14H2,1-2H3. The summed E-state index contributed by atoms with van der Waals surface area (Å²) in [6.07, 6.45) is -4.63. The van der Waals surface area contributed by atoms with E-state index in [1.807, 2.05) is 26.0 Å². The zero-order valence-corrected chi connectivity index (χ0v) is 18.0. The zero-order chi connectivity index (χ0) is 22.8. The van der Waals surface area contributed by atoms with E-state index in [2.05, 4.69) is 0 Å². The van der Waals surface area contributed by atoms with Gasteiger partial charge in [-0.1, -0.05) is 18.2 Å². The highest BCUT2D eigenvalue weighted by Gasteiger charge is 2.34. The third-order valence-corrected chi connectivity index (χ3v) is 7.19. The third kappa shape index (κ3) is 5.19. The molecule has 2 aromatic rings. The highest BCUT2D eigenvalue weighted by molar-refractivity contribution is 7.89. The fraction of sp³-hybridized carbons (Fsp3) is 0.381. The Morgan fingerprint density at radius 3 is 2.32 bits per heavy atom. The van der Waals surface area contributed by atoms with Crippen LogP contribution in [0.2, 0.25) is 0 Å². The van der Waals surface area contributed by atoms with Gasteiger partial charge in [0.25, 0.3) is 5.91 Å². The summed E-state index contributed by atoms with van der Waals surface area (Å²) in [5, 5.41) is 0. The van der Waals surface area contributed by atoms with E-state index in [4.69, 9.17) is 4.74 Å². The number of amides is 1. The van der Waals surface area contributed by atoms with Crippen LogP contribution in [-0.4, -0.2) is 56.3 Å². The largest absolute Gasteiger partial charge is 0.483 e. The Hall–Kier alpha value is -2.59. The summed E-state index contributed by atoms with van der Waals surface area (Å²) in [5.41, 5.74) is 0.955. The molecule has 3 rings (SSSR count). The van der Waals surface area contributed by atoms with Gasteiger partial charge < -0.3 is 9.64 Å². The molecule has 1 aliphatic heterocycles. The Bertz CT molecular complexity index is 1060. The summed E-state index contributed by atoms with van der Waals surface area (Å²) in [6.45, 7) is 3.91. The van der Waals surface area contributed by atoms with Crippen molar-refractivity contribution in [3.63, 3.8) is 0 Å². The first kappa shape index (κ1) is 23.1. The van der Waals surface area contributed by atoms with Gasteiger partial charge in [-0.05, 0) is 49.2 Å². The molecule has 0 radical (unpaired) electrons. The number of aryl methyl sites for hydroxylation is 1. The molecule has 0 N–H and O–H groups in total. The summed E-state index contributed by atoms with van der Waals surface area (Å²) in [6, 6.07) is 9.21. The molecule has 168 valence electrons. The second-order valence-corrected chi connectivity index (χ2v) is 9.24. The van der Waals surface area contributed by atoms with E-state index in [1.165, 1.54) is 4.90 Å². The molecule has 1 fully saturated rings. The molecular formula is C21H23F3N2O4S. The lowest BCUT2D eigenvalue weighted by Crippen LogP contribution is -2.51. The van der Waals surface area contributed by atoms with Gasteiger partial charge in [0.1, 0.15) is 5.75 Å². The van der Waals surface area contributed by atoms with Gasteiger partial charge in [-0.15, -0.1) is 0 Å². The summed E-state index contributed by atoms with van der Waals surface area (Å²) in [5.74, 6) is 0.330. The number of nitrogens with zero attached hydrogens (tertiary/aromatic N) is 2. The Morgan fingerprint density at radius 2 is 1.68 bits per heavy atom. The predicted octanol–water partition coefficient (Wildman–Crippen LogP) is 3.23. The Labute approximate surface area is 179 Å². The molecule has 1 saturated heterocycles. The first-order valence-corrected chi connectivity index (χ1v) is 11.1. The molecule has 31 heavy (non-hydrogen) atoms. The second kappa shape index (κ2) is 8.88. The number of sulfonamides is 1. The van der Waals surface area contributed by atoms with Crippen molar-refractivity contribution in [2.45, 2.75) is 24.9 Å². The number of halogens is 3. The van der Waals surface area contributed by atoms with Crippen molar-refractivity contribution < 1.29 is 31.1 Å². The molecule has 1 aliphatic rings. The number of hydrogen-bond donors (Lipinski definition) is 0. The zero-order valence-electron chi connectivity index (χ0n) is 17.1. The Kier molecular flexibility index (Phi) is 6.61. The van der Waals surface area contributed by atoms with Gasteiger partial charge in [-0.25, -0.2) is 8.42 Å². The summed E-state index contributed by atoms with van der Waals surface area (Å²) in [4.78, 5) is 13.5. The SMILES string of the molecule is Cc1cccc(OCC(=O)N2CCN(S(=O)(=O)c3cccc(C(F)(F)F)c3)CC2)c1C. The van der Waals surface area contributed by atoms with Crippen LogP contribution in [0, 0.1) is 13.8 Å². The highest BCUT2D eigenvalue weighted by Crippen LogP contribution is 2.31. The van der Waals surface area contributed by atoms with Crippen molar-refractivity contribution in [3.05, 3.63) is 59.2 Å². The van der Waals surface area contributed by atoms with Crippen molar-refractivity contribution in [2.24, 2.45) is 0 Å². The molecule has 0 aromatic heterocycles. The molecule has 0 unspecified atom stereocenters. The molecular weight excluding hydrogens is 433 g/mol. The maximum absolute atomic E-state index is 12.9. The number of rotatable bonds is 5. The first-order chi connectivity index (χ1) is 14.5. The van der Waals surface area contributed by atoms with Crippen LogP contribution in [0.5, 0.6) is 5.75 Å². The molecule has 1 amide bonds. The van der Waals surface area contributed by atoms with E-state index < -0.39 is 26.7 Å². The minimum Gasteiger partial charge on any atom is -0.483 e. The van der Waals surface area contributed by atoms with Gasteiger partial charge in [-0.2, -0.15) is 17.5 Å². The predicted molar refractivity (Wildman–Crippen MR) is 108 cm³/mol. The van der Waals surface area contributed by atoms with Crippen molar-refractivity contribution >= 4 is 15.9 Å². The van der Waals surface area contributed by atoms with E-state index in [9.17, 15) is 26.4 Å². The number of carbonyl (C=O) groups is 1. The van der Waals surface area contributed by atoms with Crippen LogP contribution in [0.15, 0.2) is 47.4 Å². The van der Waals surface area contributed by atoms with E-state index >= 15 is 0 Å². The minimum atomic E-state index is -4.63. The molecule has 1 heterocycles. The molecule has 10 heteroatoms. The monoisotopic (exact) mass is 456 g/mol. The third-order valence-electron chi connectivity index (χ3n) is 5.30. The highest BCUT2D eigenvalue weighted by atomic mass is 32.2. The minimum absolute atomic E-state index is 0.00616. The lowest BCUT2D eigenvalue weighted by atomic mass is 10.1. The van der Waals surface area contributed by atoms with Crippen LogP contribution >= 0.6 is 0 Å². The molecule has 0 atom stereocenters. The van der Waals surface area contributed by atoms with Gasteiger partial charge in [0.2, 0.25) is 10.0 Å². The maximum Gasteiger partial charge on any atom is 0.416 e. The number of piperazine rings is 1. The topological polar surface area (TPSA) is 66.9 Å². The maximum atomic E-state index is 12.9. The fourth-order valence-corrected chi connectivity index (χ4v) is 4.74. The van der Waals surface area contributed by atoms with E-state index in [1.54, 1.807) is 6.07 Å². The van der Waals surface area contributed by atoms with Crippen LogP contribution in [0.1, 0.15) is 16.7 Å². The molecule has 0 bridgehead atoms. The van der Waals surface area contributed by atoms with Crippen LogP contribution in [0.25, 0.3) is 0 Å². The molecule has 0 saturated carbocycles. The van der Waals surface area contributed by atoms with Gasteiger partial charge in [0, 0.05) is 26.2 Å². The quantitative estimate of drug-likeness (QED) is 0.693. The number of ether oxygens (including phenoxy) is 1. The van der Waals surface area contributed by atoms with Crippen LogP contribution in [-0.2, 0) is 21.0 Å². The smallest absolute Gasteiger partial charge is 0.416 e. The first-order valence-electron chi connectivity index (χ1n) is 9.64. The molecule has 0 spiro atoms. The van der Waals surface area contributed by atoms with Crippen LogP contribution in [0.3, 0.4) is 0 Å². The lowest BCUT2D eigenvalue weighted by Gasteiger charge is -2.34. The Morgan fingerprint density at radius 1 is 1.03 bits per heavy atom. The molecule has 0 aliphatic carbocycles. The van der Waals surface area contributed by atoms with Crippen molar-refractivity contribution in [3.8, 4) is 5.75 Å². The van der Waals surface area contributed by atoms with Gasteiger partial charge in [0.05, 0.1) is 10.5 Å². The number of alkyl halides is 3. The van der Waals surface area contributed by atoms with Crippen LogP contribution in [0.4, 0.5) is 13.2 Å². The summed E-state index contributed by atoms with van der Waals surface area (Å²) < 4.78 is 71.0. The van der Waals surface area contributed by atoms with Gasteiger partial charge in [-0.3, -0.25) is 4.79 Å². The molecule has 6 nitrogen and oxygen atoms in total. The fourth-order valence-electron chi connectivity index (χ4n) is 3.27. The summed E-state index contributed by atoms with van der Waals surface area (Å²) >= 11 is 0. The molecule has 2 aromatic carbocycles. The van der Waals surface area contributed by atoms with Crippen LogP contribution < -0.4 is 4.74 Å². The van der Waals surface area contributed by atoms with E-state index in [0.717, 1.165) is 33.6 Å². The second-order valence-electron chi connectivity index (χ2n) is 7.30. The normalized spacial score (nSPS) is 15.7.